The largest absolute Gasteiger partial charge is 0.268 e. The van der Waals surface area contributed by atoms with Crippen LogP contribution in [0.3, 0.4) is 0 Å². The van der Waals surface area contributed by atoms with Crippen LogP contribution in [0, 0.1) is 0 Å². The Labute approximate surface area is 97.8 Å². The lowest BCUT2D eigenvalue weighted by atomic mass is 10.0. The highest BCUT2D eigenvalue weighted by Crippen LogP contribution is 2.40. The fraction of sp³-hybridized carbons (Fsp3) is 0.700. The maximum atomic E-state index is 6.31. The van der Waals surface area contributed by atoms with Crippen LogP contribution < -0.4 is 0 Å². The number of nitrogens with zero attached hydrogens (tertiary/aromatic N) is 2. The zero-order chi connectivity index (χ0) is 10.1. The molecule has 1 fully saturated rings. The molecule has 2 nitrogen and oxygen atoms in total. The van der Waals surface area contributed by atoms with Crippen molar-refractivity contribution in [3.63, 3.8) is 0 Å². The first-order valence-electron chi connectivity index (χ1n) is 5.09. The standard InChI is InChI=1S/C10H14BrClN2/c1-2-14-10(8(11)6-13-14)7-4-3-5-9(7)12/h6-7,9H,2-5H2,1H3. The number of alkyl halides is 1. The third kappa shape index (κ3) is 1.72. The Balaban J connectivity index is 2.33. The molecule has 0 saturated heterocycles. The van der Waals surface area contributed by atoms with Crippen LogP contribution in [0.25, 0.3) is 0 Å². The molecule has 1 heterocycles. The van der Waals surface area contributed by atoms with Gasteiger partial charge in [-0.05, 0) is 35.7 Å². The molecule has 1 saturated carbocycles. The van der Waals surface area contributed by atoms with Crippen LogP contribution in [0.5, 0.6) is 0 Å². The fourth-order valence-corrected chi connectivity index (χ4v) is 3.21. The highest BCUT2D eigenvalue weighted by molar-refractivity contribution is 9.10. The minimum Gasteiger partial charge on any atom is -0.268 e. The topological polar surface area (TPSA) is 17.8 Å². The van der Waals surface area contributed by atoms with Gasteiger partial charge in [-0.15, -0.1) is 11.6 Å². The lowest BCUT2D eigenvalue weighted by Gasteiger charge is -2.15. The molecule has 14 heavy (non-hydrogen) atoms. The zero-order valence-electron chi connectivity index (χ0n) is 8.21. The van der Waals surface area contributed by atoms with E-state index in [9.17, 15) is 0 Å². The Bertz CT molecular complexity index is 324. The summed E-state index contributed by atoms with van der Waals surface area (Å²) in [5, 5.41) is 4.61. The summed E-state index contributed by atoms with van der Waals surface area (Å²) in [7, 11) is 0. The number of aryl methyl sites for hydroxylation is 1. The van der Waals surface area contributed by atoms with Gasteiger partial charge in [0.1, 0.15) is 0 Å². The molecular weight excluding hydrogens is 263 g/mol. The molecule has 0 aromatic carbocycles. The van der Waals surface area contributed by atoms with Gasteiger partial charge in [-0.25, -0.2) is 0 Å². The SMILES string of the molecule is CCn1ncc(Br)c1C1CCCC1Cl. The minimum atomic E-state index is 0.285. The lowest BCUT2D eigenvalue weighted by molar-refractivity contribution is 0.569. The zero-order valence-corrected chi connectivity index (χ0v) is 10.6. The Morgan fingerprint density at radius 2 is 2.43 bits per heavy atom. The molecule has 2 unspecified atom stereocenters. The molecule has 0 N–H and O–H groups in total. The fourth-order valence-electron chi connectivity index (χ4n) is 2.22. The van der Waals surface area contributed by atoms with E-state index in [4.69, 9.17) is 11.6 Å². The summed E-state index contributed by atoms with van der Waals surface area (Å²) in [6.45, 7) is 3.03. The normalized spacial score (nSPS) is 27.1. The van der Waals surface area contributed by atoms with E-state index >= 15 is 0 Å². The van der Waals surface area contributed by atoms with Crippen molar-refractivity contribution in [2.24, 2.45) is 0 Å². The van der Waals surface area contributed by atoms with Crippen LogP contribution in [0.15, 0.2) is 10.7 Å². The Morgan fingerprint density at radius 3 is 3.00 bits per heavy atom. The van der Waals surface area contributed by atoms with Gasteiger partial charge in [0.15, 0.2) is 0 Å². The molecule has 0 radical (unpaired) electrons. The van der Waals surface area contributed by atoms with Gasteiger partial charge in [-0.2, -0.15) is 5.10 Å². The molecule has 2 atom stereocenters. The molecule has 1 aromatic heterocycles. The number of hydrogen-bond donors (Lipinski definition) is 0. The van der Waals surface area contributed by atoms with Crippen molar-refractivity contribution in [3.05, 3.63) is 16.4 Å². The van der Waals surface area contributed by atoms with Crippen molar-refractivity contribution in [3.8, 4) is 0 Å². The Hall–Kier alpha value is -0.0200. The van der Waals surface area contributed by atoms with E-state index in [2.05, 4.69) is 32.6 Å². The van der Waals surface area contributed by atoms with Crippen LogP contribution in [0.2, 0.25) is 0 Å². The van der Waals surface area contributed by atoms with Gasteiger partial charge < -0.3 is 0 Å². The lowest BCUT2D eigenvalue weighted by Crippen LogP contribution is -2.12. The number of aromatic nitrogens is 2. The summed E-state index contributed by atoms with van der Waals surface area (Å²) < 4.78 is 3.16. The van der Waals surface area contributed by atoms with Crippen LogP contribution in [-0.2, 0) is 6.54 Å². The second-order valence-corrected chi connectivity index (χ2v) is 5.16. The number of halogens is 2. The van der Waals surface area contributed by atoms with E-state index in [0.717, 1.165) is 17.4 Å². The van der Waals surface area contributed by atoms with Gasteiger partial charge in [-0.3, -0.25) is 4.68 Å². The summed E-state index contributed by atoms with van der Waals surface area (Å²) in [6, 6.07) is 0. The van der Waals surface area contributed by atoms with E-state index in [1.165, 1.54) is 18.5 Å². The molecule has 0 bridgehead atoms. The molecule has 1 aliphatic rings. The summed E-state index contributed by atoms with van der Waals surface area (Å²) >= 11 is 9.86. The summed E-state index contributed by atoms with van der Waals surface area (Å²) in [4.78, 5) is 0. The van der Waals surface area contributed by atoms with Crippen LogP contribution in [-0.4, -0.2) is 15.2 Å². The van der Waals surface area contributed by atoms with E-state index in [1.807, 2.05) is 6.20 Å². The average Bonchev–Trinajstić information content (AvgIpc) is 2.72. The van der Waals surface area contributed by atoms with Crippen LogP contribution >= 0.6 is 27.5 Å². The van der Waals surface area contributed by atoms with E-state index < -0.39 is 0 Å². The second-order valence-electron chi connectivity index (χ2n) is 3.75. The summed E-state index contributed by atoms with van der Waals surface area (Å²) in [5.74, 6) is 0.480. The van der Waals surface area contributed by atoms with Gasteiger partial charge in [0, 0.05) is 17.8 Å². The summed E-state index contributed by atoms with van der Waals surface area (Å²) in [6.07, 6.45) is 5.44. The van der Waals surface area contributed by atoms with Crippen molar-refractivity contribution < 1.29 is 0 Å². The molecule has 4 heteroatoms. The Kier molecular flexibility index (Phi) is 3.17. The molecule has 1 aromatic rings. The molecule has 0 amide bonds. The predicted molar refractivity (Wildman–Crippen MR) is 61.8 cm³/mol. The van der Waals surface area contributed by atoms with Crippen molar-refractivity contribution in [2.75, 3.05) is 0 Å². The van der Waals surface area contributed by atoms with Crippen LogP contribution in [0.4, 0.5) is 0 Å². The first-order valence-corrected chi connectivity index (χ1v) is 6.32. The predicted octanol–water partition coefficient (Wildman–Crippen LogP) is 3.54. The van der Waals surface area contributed by atoms with E-state index in [-0.39, 0.29) is 5.38 Å². The summed E-state index contributed by atoms with van der Waals surface area (Å²) in [5.41, 5.74) is 1.28. The molecule has 2 rings (SSSR count). The van der Waals surface area contributed by atoms with Crippen molar-refractivity contribution in [1.82, 2.24) is 9.78 Å². The van der Waals surface area contributed by atoms with Crippen molar-refractivity contribution in [2.45, 2.75) is 44.0 Å². The maximum Gasteiger partial charge on any atom is 0.0635 e. The van der Waals surface area contributed by atoms with Gasteiger partial charge in [0.2, 0.25) is 0 Å². The third-order valence-electron chi connectivity index (χ3n) is 2.92. The molecular formula is C10H14BrClN2. The van der Waals surface area contributed by atoms with Crippen LogP contribution in [0.1, 0.15) is 37.8 Å². The first kappa shape index (κ1) is 10.5. The molecule has 78 valence electrons. The van der Waals surface area contributed by atoms with Crippen molar-refractivity contribution in [1.29, 1.82) is 0 Å². The van der Waals surface area contributed by atoms with Gasteiger partial charge >= 0.3 is 0 Å². The monoisotopic (exact) mass is 276 g/mol. The first-order chi connectivity index (χ1) is 6.74. The number of hydrogen-bond acceptors (Lipinski definition) is 1. The molecule has 1 aliphatic carbocycles. The second kappa shape index (κ2) is 4.23. The quantitative estimate of drug-likeness (QED) is 0.756. The van der Waals surface area contributed by atoms with E-state index in [1.54, 1.807) is 0 Å². The van der Waals surface area contributed by atoms with Gasteiger partial charge in [0.25, 0.3) is 0 Å². The Morgan fingerprint density at radius 1 is 1.64 bits per heavy atom. The van der Waals surface area contributed by atoms with Gasteiger partial charge in [-0.1, -0.05) is 6.42 Å². The average molecular weight is 278 g/mol. The smallest absolute Gasteiger partial charge is 0.0635 e. The van der Waals surface area contributed by atoms with Gasteiger partial charge in [0.05, 0.1) is 16.4 Å². The highest BCUT2D eigenvalue weighted by Gasteiger charge is 2.30. The van der Waals surface area contributed by atoms with Crippen molar-refractivity contribution >= 4 is 27.5 Å². The number of rotatable bonds is 2. The van der Waals surface area contributed by atoms with E-state index in [0.29, 0.717) is 5.92 Å². The molecule has 0 aliphatic heterocycles. The molecule has 0 spiro atoms. The minimum absolute atomic E-state index is 0.285. The third-order valence-corrected chi connectivity index (χ3v) is 4.05. The highest BCUT2D eigenvalue weighted by atomic mass is 79.9. The maximum absolute atomic E-state index is 6.31.